The number of nitrogens with one attached hydrogen (secondary N) is 1. The SMILES string of the molecule is CCN(CC)c1ccc([C@H]2C3=C(CC(C)(C)CC3=O)Nc3ccc4ncccc4c32)cc1. The predicted octanol–water partition coefficient (Wildman–Crippen LogP) is 6.28. The third-order valence-corrected chi connectivity index (χ3v) is 6.96. The second-order valence-electron chi connectivity index (χ2n) is 9.75. The maximum Gasteiger partial charge on any atom is 0.162 e. The van der Waals surface area contributed by atoms with E-state index in [4.69, 9.17) is 0 Å². The summed E-state index contributed by atoms with van der Waals surface area (Å²) in [5.74, 6) is 0.177. The molecule has 2 aromatic carbocycles. The normalized spacial score (nSPS) is 19.4. The van der Waals surface area contributed by atoms with Gasteiger partial charge in [-0.05, 0) is 67.1 Å². The summed E-state index contributed by atoms with van der Waals surface area (Å²) >= 11 is 0. The second-order valence-corrected chi connectivity index (χ2v) is 9.75. The van der Waals surface area contributed by atoms with Crippen molar-refractivity contribution < 1.29 is 4.79 Å². The molecule has 5 rings (SSSR count). The third-order valence-electron chi connectivity index (χ3n) is 6.96. The number of carbonyl (C=O) groups excluding carboxylic acids is 1. The molecule has 0 radical (unpaired) electrons. The molecule has 1 aromatic heterocycles. The molecule has 0 amide bonds. The number of pyridine rings is 1. The van der Waals surface area contributed by atoms with Gasteiger partial charge in [0, 0.05) is 59.7 Å². The van der Waals surface area contributed by atoms with Crippen LogP contribution >= 0.6 is 0 Å². The number of carbonyl (C=O) groups is 1. The summed E-state index contributed by atoms with van der Waals surface area (Å²) in [4.78, 5) is 20.5. The van der Waals surface area contributed by atoms with Crippen LogP contribution in [-0.4, -0.2) is 23.9 Å². The van der Waals surface area contributed by atoms with Crippen molar-refractivity contribution in [2.45, 2.75) is 46.5 Å². The molecule has 4 nitrogen and oxygen atoms in total. The van der Waals surface area contributed by atoms with Crippen LogP contribution in [-0.2, 0) is 4.79 Å². The van der Waals surface area contributed by atoms with E-state index >= 15 is 0 Å². The molecule has 1 aliphatic carbocycles. The predicted molar refractivity (Wildman–Crippen MR) is 132 cm³/mol. The Labute approximate surface area is 190 Å². The van der Waals surface area contributed by atoms with Crippen LogP contribution in [0.25, 0.3) is 10.9 Å². The van der Waals surface area contributed by atoms with Crippen LogP contribution in [0.15, 0.2) is 66.0 Å². The number of nitrogens with zero attached hydrogens (tertiary/aromatic N) is 2. The number of hydrogen-bond donors (Lipinski definition) is 1. The first-order valence-electron chi connectivity index (χ1n) is 11.7. The number of hydrogen-bond acceptors (Lipinski definition) is 4. The molecule has 0 saturated carbocycles. The smallest absolute Gasteiger partial charge is 0.162 e. The van der Waals surface area contributed by atoms with Gasteiger partial charge in [0.1, 0.15) is 0 Å². The van der Waals surface area contributed by atoms with Crippen LogP contribution in [0.1, 0.15) is 57.6 Å². The van der Waals surface area contributed by atoms with Gasteiger partial charge in [-0.15, -0.1) is 0 Å². The lowest BCUT2D eigenvalue weighted by Gasteiger charge is -2.40. The molecule has 0 bridgehead atoms. The summed E-state index contributed by atoms with van der Waals surface area (Å²) in [7, 11) is 0. The minimum absolute atomic E-state index is 0.0318. The maximum absolute atomic E-state index is 13.5. The standard InChI is InChI=1S/C28H31N3O/c1-5-31(6-2)19-11-9-18(10-12-19)25-26-20-8-7-15-29-21(20)13-14-22(26)30-23-16-28(3,4)17-24(32)27(23)25/h7-15,25,30H,5-6,16-17H2,1-4H3/t25-/m1/s1. The highest BCUT2D eigenvalue weighted by Crippen LogP contribution is 2.50. The lowest BCUT2D eigenvalue weighted by atomic mass is 9.68. The molecule has 1 atom stereocenters. The molecule has 1 N–H and O–H groups in total. The van der Waals surface area contributed by atoms with Crippen molar-refractivity contribution >= 4 is 28.1 Å². The number of aromatic nitrogens is 1. The van der Waals surface area contributed by atoms with Gasteiger partial charge in [-0.3, -0.25) is 9.78 Å². The molecular formula is C28H31N3O. The van der Waals surface area contributed by atoms with Crippen LogP contribution in [0.3, 0.4) is 0 Å². The van der Waals surface area contributed by atoms with Gasteiger partial charge in [0.25, 0.3) is 0 Å². The van der Waals surface area contributed by atoms with Crippen molar-refractivity contribution in [1.29, 1.82) is 0 Å². The highest BCUT2D eigenvalue weighted by Gasteiger charge is 2.41. The Balaban J connectivity index is 1.72. The Kier molecular flexibility index (Phi) is 5.04. The number of anilines is 2. The third kappa shape index (κ3) is 3.38. The van der Waals surface area contributed by atoms with Gasteiger partial charge in [0.2, 0.25) is 0 Å². The van der Waals surface area contributed by atoms with E-state index in [1.165, 1.54) is 11.3 Å². The number of benzene rings is 2. The molecule has 0 saturated heterocycles. The van der Waals surface area contributed by atoms with Crippen molar-refractivity contribution in [2.24, 2.45) is 5.41 Å². The summed E-state index contributed by atoms with van der Waals surface area (Å²) in [6, 6.07) is 17.1. The van der Waals surface area contributed by atoms with Crippen LogP contribution in [0.2, 0.25) is 0 Å². The Morgan fingerprint density at radius 3 is 2.50 bits per heavy atom. The quantitative estimate of drug-likeness (QED) is 0.534. The fraction of sp³-hybridized carbons (Fsp3) is 0.357. The molecule has 164 valence electrons. The van der Waals surface area contributed by atoms with Gasteiger partial charge in [0.15, 0.2) is 5.78 Å². The highest BCUT2D eigenvalue weighted by molar-refractivity contribution is 6.04. The summed E-state index contributed by atoms with van der Waals surface area (Å²) in [6.07, 6.45) is 3.30. The minimum Gasteiger partial charge on any atom is -0.372 e. The lowest BCUT2D eigenvalue weighted by molar-refractivity contribution is -0.118. The molecule has 1 aliphatic heterocycles. The minimum atomic E-state index is -0.0801. The lowest BCUT2D eigenvalue weighted by Crippen LogP contribution is -2.34. The average Bonchev–Trinajstić information content (AvgIpc) is 2.78. The molecule has 3 aromatic rings. The Hall–Kier alpha value is -3.14. The van der Waals surface area contributed by atoms with Gasteiger partial charge in [-0.2, -0.15) is 0 Å². The monoisotopic (exact) mass is 425 g/mol. The van der Waals surface area contributed by atoms with Crippen molar-refractivity contribution in [2.75, 3.05) is 23.3 Å². The van der Waals surface area contributed by atoms with Crippen molar-refractivity contribution in [3.05, 3.63) is 77.1 Å². The Morgan fingerprint density at radius 1 is 1.03 bits per heavy atom. The number of Topliss-reactive ketones (excluding diaryl/α,β-unsaturated/α-hetero) is 1. The van der Waals surface area contributed by atoms with Crippen molar-refractivity contribution in [1.82, 2.24) is 4.98 Å². The van der Waals surface area contributed by atoms with E-state index in [1.807, 2.05) is 12.3 Å². The van der Waals surface area contributed by atoms with E-state index in [-0.39, 0.29) is 17.1 Å². The Morgan fingerprint density at radius 2 is 1.78 bits per heavy atom. The first kappa shape index (κ1) is 20.7. The zero-order valence-electron chi connectivity index (χ0n) is 19.4. The second kappa shape index (κ2) is 7.77. The summed E-state index contributed by atoms with van der Waals surface area (Å²) in [5.41, 5.74) is 7.59. The summed E-state index contributed by atoms with van der Waals surface area (Å²) in [6.45, 7) is 10.7. The zero-order valence-corrected chi connectivity index (χ0v) is 19.4. The molecule has 32 heavy (non-hydrogen) atoms. The highest BCUT2D eigenvalue weighted by atomic mass is 16.1. The van der Waals surface area contributed by atoms with Crippen LogP contribution in [0.4, 0.5) is 11.4 Å². The van der Waals surface area contributed by atoms with E-state index < -0.39 is 0 Å². The van der Waals surface area contributed by atoms with Gasteiger partial charge >= 0.3 is 0 Å². The molecule has 0 fully saturated rings. The van der Waals surface area contributed by atoms with Gasteiger partial charge in [-0.1, -0.05) is 32.0 Å². The summed E-state index contributed by atoms with van der Waals surface area (Å²) in [5, 5.41) is 4.76. The van der Waals surface area contributed by atoms with E-state index in [1.54, 1.807) is 0 Å². The number of fused-ring (bicyclic) bond motifs is 3. The van der Waals surface area contributed by atoms with E-state index in [9.17, 15) is 4.79 Å². The molecule has 2 heterocycles. The van der Waals surface area contributed by atoms with Gasteiger partial charge < -0.3 is 10.2 Å². The first-order valence-corrected chi connectivity index (χ1v) is 11.7. The van der Waals surface area contributed by atoms with Gasteiger partial charge in [-0.25, -0.2) is 0 Å². The number of allylic oxidation sites excluding steroid dienone is 2. The fourth-order valence-electron chi connectivity index (χ4n) is 5.48. The molecule has 2 aliphatic rings. The molecule has 0 unspecified atom stereocenters. The van der Waals surface area contributed by atoms with Crippen LogP contribution < -0.4 is 10.2 Å². The Bertz CT molecular complexity index is 1220. The van der Waals surface area contributed by atoms with Crippen molar-refractivity contribution in [3.8, 4) is 0 Å². The fourth-order valence-corrected chi connectivity index (χ4v) is 5.48. The number of ketones is 1. The van der Waals surface area contributed by atoms with Crippen LogP contribution in [0, 0.1) is 5.41 Å². The average molecular weight is 426 g/mol. The largest absolute Gasteiger partial charge is 0.372 e. The van der Waals surface area contributed by atoms with Crippen LogP contribution in [0.5, 0.6) is 0 Å². The topological polar surface area (TPSA) is 45.2 Å². The van der Waals surface area contributed by atoms with E-state index in [0.29, 0.717) is 6.42 Å². The summed E-state index contributed by atoms with van der Waals surface area (Å²) < 4.78 is 0. The number of rotatable bonds is 4. The first-order chi connectivity index (χ1) is 15.4. The van der Waals surface area contributed by atoms with E-state index in [0.717, 1.165) is 52.9 Å². The molecule has 4 heteroatoms. The maximum atomic E-state index is 13.5. The zero-order chi connectivity index (χ0) is 22.5. The molecule has 0 spiro atoms. The van der Waals surface area contributed by atoms with E-state index in [2.05, 4.69) is 85.4 Å². The van der Waals surface area contributed by atoms with Crippen molar-refractivity contribution in [3.63, 3.8) is 0 Å². The van der Waals surface area contributed by atoms with Gasteiger partial charge in [0.05, 0.1) is 5.52 Å². The molecular weight excluding hydrogens is 394 g/mol.